The van der Waals surface area contributed by atoms with Gasteiger partial charge in [-0.2, -0.15) is 5.26 Å². The van der Waals surface area contributed by atoms with Crippen LogP contribution in [0.15, 0.2) is 30.5 Å². The van der Waals surface area contributed by atoms with Crippen molar-refractivity contribution in [3.8, 4) is 6.07 Å². The molecule has 1 heterocycles. The van der Waals surface area contributed by atoms with Crippen molar-refractivity contribution in [3.63, 3.8) is 0 Å². The van der Waals surface area contributed by atoms with Crippen molar-refractivity contribution < 1.29 is 14.3 Å². The molecule has 1 aromatic carbocycles. The number of nitriles is 1. The fraction of sp³-hybridized carbons (Fsp3) is 0.450. The molecule has 1 N–H and O–H groups in total. The topological polar surface area (TPSA) is 84.1 Å². The van der Waals surface area contributed by atoms with Gasteiger partial charge in [-0.05, 0) is 25.8 Å². The molecule has 136 valence electrons. The Balaban J connectivity index is 1.70. The van der Waals surface area contributed by atoms with Gasteiger partial charge in [0.2, 0.25) is 0 Å². The Morgan fingerprint density at radius 2 is 1.96 bits per heavy atom. The molecule has 1 amide bonds. The molecule has 0 spiro atoms. The van der Waals surface area contributed by atoms with Gasteiger partial charge in [-0.3, -0.25) is 4.79 Å². The van der Waals surface area contributed by atoms with E-state index in [2.05, 4.69) is 11.4 Å². The third-order valence-electron chi connectivity index (χ3n) is 5.05. The summed E-state index contributed by atoms with van der Waals surface area (Å²) >= 11 is 0. The maximum Gasteiger partial charge on any atom is 0.341 e. The number of carbonyl (C=O) groups excluding carboxylic acids is 2. The number of hydrogen-bond donors (Lipinski definition) is 1. The number of hydrogen-bond acceptors (Lipinski definition) is 4. The molecule has 0 saturated heterocycles. The van der Waals surface area contributed by atoms with Gasteiger partial charge in [-0.15, -0.1) is 0 Å². The zero-order valence-electron chi connectivity index (χ0n) is 15.1. The van der Waals surface area contributed by atoms with E-state index in [9.17, 15) is 14.9 Å². The predicted molar refractivity (Wildman–Crippen MR) is 97.4 cm³/mol. The van der Waals surface area contributed by atoms with Crippen molar-refractivity contribution in [2.75, 3.05) is 0 Å². The van der Waals surface area contributed by atoms with Gasteiger partial charge in [-0.1, -0.05) is 37.5 Å². The van der Waals surface area contributed by atoms with Crippen molar-refractivity contribution in [1.29, 1.82) is 5.26 Å². The van der Waals surface area contributed by atoms with Crippen LogP contribution in [0, 0.1) is 11.3 Å². The molecule has 1 atom stereocenters. The highest BCUT2D eigenvalue weighted by atomic mass is 16.5. The number of nitrogens with one attached hydrogen (secondary N) is 1. The monoisotopic (exact) mass is 353 g/mol. The number of aryl methyl sites for hydroxylation is 1. The molecule has 0 radical (unpaired) electrons. The number of para-hydroxylation sites is 1. The Labute approximate surface area is 152 Å². The average molecular weight is 353 g/mol. The van der Waals surface area contributed by atoms with E-state index in [-0.39, 0.29) is 0 Å². The lowest BCUT2D eigenvalue weighted by molar-refractivity contribution is -0.130. The lowest BCUT2D eigenvalue weighted by Gasteiger charge is -2.32. The van der Waals surface area contributed by atoms with Crippen LogP contribution in [0.5, 0.6) is 0 Å². The van der Waals surface area contributed by atoms with E-state index in [4.69, 9.17) is 4.74 Å². The summed E-state index contributed by atoms with van der Waals surface area (Å²) in [5, 5.41) is 13.1. The van der Waals surface area contributed by atoms with Gasteiger partial charge in [0.1, 0.15) is 5.54 Å². The van der Waals surface area contributed by atoms with Crippen LogP contribution in [0.25, 0.3) is 10.9 Å². The van der Waals surface area contributed by atoms with Crippen molar-refractivity contribution in [2.24, 2.45) is 7.05 Å². The molecule has 1 unspecified atom stereocenters. The quantitative estimate of drug-likeness (QED) is 0.856. The number of esters is 1. The molecule has 1 fully saturated rings. The van der Waals surface area contributed by atoms with Crippen molar-refractivity contribution in [2.45, 2.75) is 50.7 Å². The maximum absolute atomic E-state index is 12.5. The van der Waals surface area contributed by atoms with E-state index in [0.29, 0.717) is 18.4 Å². The third-order valence-corrected chi connectivity index (χ3v) is 5.05. The summed E-state index contributed by atoms with van der Waals surface area (Å²) in [6, 6.07) is 9.77. The van der Waals surface area contributed by atoms with Gasteiger partial charge in [-0.25, -0.2) is 4.79 Å². The second kappa shape index (κ2) is 7.20. The second-order valence-corrected chi connectivity index (χ2v) is 6.96. The van der Waals surface area contributed by atoms with E-state index in [1.165, 1.54) is 6.92 Å². The fourth-order valence-electron chi connectivity index (χ4n) is 3.54. The number of aromatic nitrogens is 1. The summed E-state index contributed by atoms with van der Waals surface area (Å²) in [5.41, 5.74) is 0.507. The first kappa shape index (κ1) is 18.0. The molecular formula is C20H23N3O3. The van der Waals surface area contributed by atoms with Gasteiger partial charge in [0.05, 0.1) is 11.6 Å². The van der Waals surface area contributed by atoms with E-state index in [1.54, 1.807) is 6.20 Å². The molecule has 3 rings (SSSR count). The van der Waals surface area contributed by atoms with E-state index in [1.807, 2.05) is 35.9 Å². The second-order valence-electron chi connectivity index (χ2n) is 6.96. The Bertz CT molecular complexity index is 872. The Hall–Kier alpha value is -2.81. The minimum absolute atomic E-state index is 0.426. The molecule has 26 heavy (non-hydrogen) atoms. The summed E-state index contributed by atoms with van der Waals surface area (Å²) in [5.74, 6) is -0.971. The fourth-order valence-corrected chi connectivity index (χ4v) is 3.54. The Morgan fingerprint density at radius 1 is 1.27 bits per heavy atom. The maximum atomic E-state index is 12.5. The zero-order chi connectivity index (χ0) is 18.7. The lowest BCUT2D eigenvalue weighted by atomic mass is 9.83. The predicted octanol–water partition coefficient (Wildman–Crippen LogP) is 3.07. The van der Waals surface area contributed by atoms with Crippen LogP contribution in [0.3, 0.4) is 0 Å². The smallest absolute Gasteiger partial charge is 0.341 e. The molecular weight excluding hydrogens is 330 g/mol. The van der Waals surface area contributed by atoms with Crippen molar-refractivity contribution in [1.82, 2.24) is 9.88 Å². The normalized spacial score (nSPS) is 17.3. The van der Waals surface area contributed by atoms with Crippen molar-refractivity contribution >= 4 is 22.8 Å². The zero-order valence-corrected chi connectivity index (χ0v) is 15.1. The van der Waals surface area contributed by atoms with E-state index in [0.717, 1.165) is 30.2 Å². The SMILES string of the molecule is CC(OC(=O)c1cn(C)c2ccccc12)C(=O)NC1(C#N)CCCCC1. The number of fused-ring (bicyclic) bond motifs is 1. The summed E-state index contributed by atoms with van der Waals surface area (Å²) in [6.45, 7) is 1.53. The van der Waals surface area contributed by atoms with E-state index >= 15 is 0 Å². The van der Waals surface area contributed by atoms with Gasteiger partial charge in [0.15, 0.2) is 6.10 Å². The summed E-state index contributed by atoms with van der Waals surface area (Å²) in [7, 11) is 1.86. The number of carbonyl (C=O) groups is 2. The van der Waals surface area contributed by atoms with Crippen LogP contribution in [0.4, 0.5) is 0 Å². The molecule has 1 aromatic heterocycles. The molecule has 2 aromatic rings. The third kappa shape index (κ3) is 3.43. The number of nitrogens with zero attached hydrogens (tertiary/aromatic N) is 2. The molecule has 1 saturated carbocycles. The molecule has 6 heteroatoms. The van der Waals surface area contributed by atoms with Crippen LogP contribution in [-0.2, 0) is 16.6 Å². The first-order valence-electron chi connectivity index (χ1n) is 8.94. The lowest BCUT2D eigenvalue weighted by Crippen LogP contribution is -2.52. The highest BCUT2D eigenvalue weighted by molar-refractivity contribution is 6.05. The van der Waals surface area contributed by atoms with Gasteiger partial charge < -0.3 is 14.6 Å². The number of amides is 1. The molecule has 6 nitrogen and oxygen atoms in total. The Kier molecular flexibility index (Phi) is 4.99. The number of benzene rings is 1. The van der Waals surface area contributed by atoms with E-state index < -0.39 is 23.5 Å². The van der Waals surface area contributed by atoms with Gasteiger partial charge in [0, 0.05) is 24.1 Å². The summed E-state index contributed by atoms with van der Waals surface area (Å²) < 4.78 is 7.23. The summed E-state index contributed by atoms with van der Waals surface area (Å²) in [4.78, 5) is 25.0. The van der Waals surface area contributed by atoms with Crippen LogP contribution in [0.2, 0.25) is 0 Å². The van der Waals surface area contributed by atoms with Gasteiger partial charge in [0.25, 0.3) is 5.91 Å². The number of rotatable bonds is 4. The Morgan fingerprint density at radius 3 is 2.65 bits per heavy atom. The van der Waals surface area contributed by atoms with Crippen LogP contribution in [0.1, 0.15) is 49.4 Å². The first-order chi connectivity index (χ1) is 12.5. The highest BCUT2D eigenvalue weighted by Crippen LogP contribution is 2.28. The van der Waals surface area contributed by atoms with Crippen molar-refractivity contribution in [3.05, 3.63) is 36.0 Å². The van der Waals surface area contributed by atoms with Crippen LogP contribution < -0.4 is 5.32 Å². The largest absolute Gasteiger partial charge is 0.449 e. The summed E-state index contributed by atoms with van der Waals surface area (Å²) in [6.07, 6.45) is 4.92. The first-order valence-corrected chi connectivity index (χ1v) is 8.94. The number of ether oxygens (including phenoxy) is 1. The van der Waals surface area contributed by atoms with Gasteiger partial charge >= 0.3 is 5.97 Å². The molecule has 1 aliphatic rings. The average Bonchev–Trinajstić information content (AvgIpc) is 2.99. The molecule has 1 aliphatic carbocycles. The van der Waals surface area contributed by atoms with Crippen LogP contribution >= 0.6 is 0 Å². The van der Waals surface area contributed by atoms with Crippen LogP contribution in [-0.4, -0.2) is 28.1 Å². The minimum atomic E-state index is -0.964. The standard InChI is InChI=1S/C20H23N3O3/c1-14(18(24)22-20(13-21)10-6-3-7-11-20)26-19(25)16-12-23(2)17-9-5-4-8-15(16)17/h4-5,8-9,12,14H,3,6-7,10-11H2,1-2H3,(H,22,24). The minimum Gasteiger partial charge on any atom is -0.449 e. The molecule has 0 aliphatic heterocycles. The highest BCUT2D eigenvalue weighted by Gasteiger charge is 2.35. The molecule has 0 bridgehead atoms.